The zero-order valence-corrected chi connectivity index (χ0v) is 19.0. The topological polar surface area (TPSA) is 76.0 Å². The van der Waals surface area contributed by atoms with Crippen LogP contribution in [0.25, 0.3) is 10.9 Å². The molecular weight excluding hydrogens is 481 g/mol. The number of aromatic nitrogens is 2. The van der Waals surface area contributed by atoms with E-state index in [4.69, 9.17) is 11.6 Å². The van der Waals surface area contributed by atoms with Gasteiger partial charge in [-0.2, -0.15) is 0 Å². The summed E-state index contributed by atoms with van der Waals surface area (Å²) in [7, 11) is -2.19. The zero-order valence-electron chi connectivity index (χ0n) is 16.6. The Morgan fingerprint density at radius 3 is 2.47 bits per heavy atom. The quantitative estimate of drug-likeness (QED) is 0.387. The number of nitrogens with zero attached hydrogens (tertiary/aromatic N) is 2. The van der Waals surface area contributed by atoms with Crippen LogP contribution >= 0.6 is 24.0 Å². The first-order valence-corrected chi connectivity index (χ1v) is 11.0. The fraction of sp³-hybridized carbons (Fsp3) is 0.0952. The van der Waals surface area contributed by atoms with Crippen LogP contribution in [-0.2, 0) is 16.6 Å². The van der Waals surface area contributed by atoms with Crippen molar-refractivity contribution in [3.63, 3.8) is 0 Å². The third kappa shape index (κ3) is 4.42. The Morgan fingerprint density at radius 2 is 1.84 bits per heavy atom. The van der Waals surface area contributed by atoms with Crippen molar-refractivity contribution in [3.8, 4) is 0 Å². The lowest BCUT2D eigenvalue weighted by Crippen LogP contribution is -2.12. The summed E-state index contributed by atoms with van der Waals surface area (Å²) in [5.41, 5.74) is 1.03. The van der Waals surface area contributed by atoms with Gasteiger partial charge >= 0.3 is 0 Å². The predicted molar refractivity (Wildman–Crippen MR) is 123 cm³/mol. The van der Waals surface area contributed by atoms with E-state index in [0.717, 1.165) is 21.7 Å². The molecule has 4 aromatic rings. The minimum Gasteiger partial charge on any atom is -0.351 e. The molecule has 0 spiro atoms. The van der Waals surface area contributed by atoms with Gasteiger partial charge in [0.05, 0.1) is 5.52 Å². The van der Waals surface area contributed by atoms with Crippen molar-refractivity contribution in [2.24, 2.45) is 0 Å². The van der Waals surface area contributed by atoms with Gasteiger partial charge in [-0.1, -0.05) is 17.7 Å². The van der Waals surface area contributed by atoms with Gasteiger partial charge in [-0.25, -0.2) is 21.2 Å². The Kier molecular flexibility index (Phi) is 7.04. The van der Waals surface area contributed by atoms with Crippen molar-refractivity contribution in [1.29, 1.82) is 0 Å². The highest BCUT2D eigenvalue weighted by molar-refractivity contribution is 7.90. The average Bonchev–Trinajstić information content (AvgIpc) is 3.10. The van der Waals surface area contributed by atoms with E-state index in [-0.39, 0.29) is 28.0 Å². The molecule has 0 saturated heterocycles. The van der Waals surface area contributed by atoms with Crippen molar-refractivity contribution in [1.82, 2.24) is 14.3 Å². The maximum Gasteiger partial charge on any atom is 0.269 e. The molecule has 0 atom stereocenters. The maximum absolute atomic E-state index is 14.2. The number of hydrogen-bond donors (Lipinski definition) is 2. The maximum atomic E-state index is 14.2. The second-order valence-electron chi connectivity index (χ2n) is 6.78. The first-order chi connectivity index (χ1) is 14.8. The molecule has 2 aromatic carbocycles. The van der Waals surface area contributed by atoms with Crippen LogP contribution in [0, 0.1) is 11.6 Å². The highest BCUT2D eigenvalue weighted by Crippen LogP contribution is 2.31. The number of benzene rings is 2. The number of pyridine rings is 1. The second-order valence-corrected chi connectivity index (χ2v) is 9.03. The Balaban J connectivity index is 0.00000289. The lowest BCUT2D eigenvalue weighted by Gasteiger charge is -2.11. The number of anilines is 2. The van der Waals surface area contributed by atoms with E-state index >= 15 is 0 Å². The first kappa shape index (κ1) is 23.9. The molecule has 0 aliphatic heterocycles. The van der Waals surface area contributed by atoms with Crippen molar-refractivity contribution >= 4 is 56.3 Å². The molecule has 0 unspecified atom stereocenters. The molecule has 4 rings (SSSR count). The number of halogens is 4. The summed E-state index contributed by atoms with van der Waals surface area (Å²) < 4.78 is 56.0. The van der Waals surface area contributed by atoms with E-state index in [2.05, 4.69) is 15.6 Å². The lowest BCUT2D eigenvalue weighted by atomic mass is 10.1. The average molecular weight is 499 g/mol. The summed E-state index contributed by atoms with van der Waals surface area (Å²) >= 11 is 5.68. The van der Waals surface area contributed by atoms with Gasteiger partial charge in [0.1, 0.15) is 10.6 Å². The monoisotopic (exact) mass is 498 g/mol. The summed E-state index contributed by atoms with van der Waals surface area (Å²) in [4.78, 5) is 3.91. The van der Waals surface area contributed by atoms with Gasteiger partial charge < -0.3 is 10.6 Å². The van der Waals surface area contributed by atoms with Gasteiger partial charge in [-0.3, -0.25) is 4.98 Å². The normalized spacial score (nSPS) is 11.4. The molecule has 2 aromatic heterocycles. The molecule has 2 heterocycles. The minimum absolute atomic E-state index is 0. The molecule has 0 radical (unpaired) electrons. The summed E-state index contributed by atoms with van der Waals surface area (Å²) in [6, 6.07) is 9.81. The van der Waals surface area contributed by atoms with Crippen LogP contribution in [-0.4, -0.2) is 24.4 Å². The van der Waals surface area contributed by atoms with E-state index in [1.54, 1.807) is 19.2 Å². The van der Waals surface area contributed by atoms with Crippen LogP contribution in [0.3, 0.4) is 0 Å². The van der Waals surface area contributed by atoms with E-state index < -0.39 is 21.7 Å². The molecule has 0 aliphatic rings. The summed E-state index contributed by atoms with van der Waals surface area (Å²) in [6.07, 6.45) is 4.27. The smallest absolute Gasteiger partial charge is 0.269 e. The standard InChI is InChI=1S/C21H17ClF2N4O2S.ClH/c1-25-10-13-12-28(31(29,30)16-3-2-6-26-11-16)20-9-15(4-5-17(13)20)27-21-18(23)7-14(22)8-19(21)24;/h2-9,11-12,25,27H,10H2,1H3;1H. The highest BCUT2D eigenvalue weighted by Gasteiger charge is 2.22. The van der Waals surface area contributed by atoms with Crippen molar-refractivity contribution < 1.29 is 17.2 Å². The SMILES string of the molecule is CNCc1cn(S(=O)(=O)c2cccnc2)c2cc(Nc3c(F)cc(Cl)cc3F)ccc12.Cl. The van der Waals surface area contributed by atoms with Gasteiger partial charge in [0.15, 0.2) is 11.6 Å². The first-order valence-electron chi connectivity index (χ1n) is 9.17. The van der Waals surface area contributed by atoms with Crippen LogP contribution in [0.4, 0.5) is 20.2 Å². The van der Waals surface area contributed by atoms with Gasteiger partial charge in [0.25, 0.3) is 10.0 Å². The Morgan fingerprint density at radius 1 is 1.12 bits per heavy atom. The van der Waals surface area contributed by atoms with E-state index in [9.17, 15) is 17.2 Å². The Hall–Kier alpha value is -2.72. The van der Waals surface area contributed by atoms with Crippen molar-refractivity contribution in [2.75, 3.05) is 12.4 Å². The molecule has 11 heteroatoms. The summed E-state index contributed by atoms with van der Waals surface area (Å²) in [5.74, 6) is -1.72. The molecule has 32 heavy (non-hydrogen) atoms. The van der Waals surface area contributed by atoms with E-state index in [1.807, 2.05) is 0 Å². The summed E-state index contributed by atoms with van der Waals surface area (Å²) in [6.45, 7) is 0.430. The van der Waals surface area contributed by atoms with Crippen LogP contribution in [0.5, 0.6) is 0 Å². The zero-order chi connectivity index (χ0) is 22.2. The fourth-order valence-corrected chi connectivity index (χ4v) is 4.83. The number of nitrogens with one attached hydrogen (secondary N) is 2. The second kappa shape index (κ2) is 9.41. The molecule has 168 valence electrons. The Labute approximate surface area is 194 Å². The predicted octanol–water partition coefficient (Wildman–Crippen LogP) is 5.09. The molecular formula is C21H18Cl2F2N4O2S. The van der Waals surface area contributed by atoms with Crippen LogP contribution in [0.1, 0.15) is 5.56 Å². The lowest BCUT2D eigenvalue weighted by molar-refractivity contribution is 0.588. The van der Waals surface area contributed by atoms with Crippen LogP contribution in [0.2, 0.25) is 5.02 Å². The van der Waals surface area contributed by atoms with Crippen LogP contribution < -0.4 is 10.6 Å². The van der Waals surface area contributed by atoms with Gasteiger partial charge in [-0.05, 0) is 49.0 Å². The molecule has 0 bridgehead atoms. The van der Waals surface area contributed by atoms with Gasteiger partial charge in [0, 0.05) is 41.2 Å². The van der Waals surface area contributed by atoms with Crippen molar-refractivity contribution in [3.05, 3.63) is 83.3 Å². The van der Waals surface area contributed by atoms with Crippen LogP contribution in [0.15, 0.2) is 66.0 Å². The van der Waals surface area contributed by atoms with E-state index in [1.165, 1.54) is 36.8 Å². The Bertz CT molecular complexity index is 1360. The van der Waals surface area contributed by atoms with Crippen molar-refractivity contribution in [2.45, 2.75) is 11.4 Å². The molecule has 6 nitrogen and oxygen atoms in total. The fourth-order valence-electron chi connectivity index (χ4n) is 3.29. The largest absolute Gasteiger partial charge is 0.351 e. The molecule has 0 saturated carbocycles. The van der Waals surface area contributed by atoms with E-state index in [0.29, 0.717) is 23.1 Å². The third-order valence-electron chi connectivity index (χ3n) is 4.69. The number of fused-ring (bicyclic) bond motifs is 1. The summed E-state index contributed by atoms with van der Waals surface area (Å²) in [5, 5.41) is 6.30. The molecule has 2 N–H and O–H groups in total. The third-order valence-corrected chi connectivity index (χ3v) is 6.56. The highest BCUT2D eigenvalue weighted by atomic mass is 35.5. The molecule has 0 fully saturated rings. The minimum atomic E-state index is -3.94. The molecule has 0 aliphatic carbocycles. The number of hydrogen-bond acceptors (Lipinski definition) is 5. The number of rotatable bonds is 6. The van der Waals surface area contributed by atoms with Gasteiger partial charge in [0.2, 0.25) is 0 Å². The van der Waals surface area contributed by atoms with Gasteiger partial charge in [-0.15, -0.1) is 12.4 Å². The molecule has 0 amide bonds.